The van der Waals surface area contributed by atoms with Gasteiger partial charge in [0.2, 0.25) is 0 Å². The maximum Gasteiger partial charge on any atom is 0.164 e. The minimum Gasteiger partial charge on any atom is -0.493 e. The summed E-state index contributed by atoms with van der Waals surface area (Å²) in [6.07, 6.45) is 1.95. The van der Waals surface area contributed by atoms with Crippen LogP contribution in [0.5, 0.6) is 5.75 Å². The van der Waals surface area contributed by atoms with Crippen LogP contribution in [-0.4, -0.2) is 25.5 Å². The number of nitrogens with zero attached hydrogens (tertiary/aromatic N) is 1. The molecule has 0 saturated carbocycles. The molecule has 0 aromatic heterocycles. The molecule has 24 heavy (non-hydrogen) atoms. The van der Waals surface area contributed by atoms with Crippen LogP contribution >= 0.6 is 0 Å². The number of hydrogen-bond acceptors (Lipinski definition) is 3. The first-order valence-electron chi connectivity index (χ1n) is 8.37. The fraction of sp³-hybridized carbons (Fsp3) is 0.350. The Morgan fingerprint density at radius 1 is 1.12 bits per heavy atom. The average Bonchev–Trinajstić information content (AvgIpc) is 2.61. The Morgan fingerprint density at radius 2 is 1.83 bits per heavy atom. The van der Waals surface area contributed by atoms with E-state index in [0.29, 0.717) is 18.2 Å². The average molecular weight is 327 g/mol. The fourth-order valence-electron chi connectivity index (χ4n) is 3.20. The molecule has 0 aliphatic carbocycles. The summed E-state index contributed by atoms with van der Waals surface area (Å²) >= 11 is 0. The first-order valence-corrected chi connectivity index (χ1v) is 8.37. The molecule has 0 unspecified atom stereocenters. The van der Waals surface area contributed by atoms with Gasteiger partial charge < -0.3 is 9.64 Å². The number of hydrogen-bond donors (Lipinski definition) is 0. The van der Waals surface area contributed by atoms with E-state index >= 15 is 0 Å². The Labute approximate surface area is 142 Å². The highest BCUT2D eigenvalue weighted by molar-refractivity contribution is 6.00. The molecular formula is C20H22FNO2. The molecule has 4 heteroatoms. The van der Waals surface area contributed by atoms with Gasteiger partial charge in [-0.15, -0.1) is 0 Å². The topological polar surface area (TPSA) is 29.5 Å². The maximum absolute atomic E-state index is 14.0. The van der Waals surface area contributed by atoms with Crippen molar-refractivity contribution in [3.05, 3.63) is 59.9 Å². The zero-order chi connectivity index (χ0) is 16.9. The van der Waals surface area contributed by atoms with E-state index in [1.807, 2.05) is 36.4 Å². The van der Waals surface area contributed by atoms with Crippen molar-refractivity contribution in [1.82, 2.24) is 0 Å². The van der Waals surface area contributed by atoms with Gasteiger partial charge in [0.25, 0.3) is 0 Å². The Bertz CT molecular complexity index is 694. The first-order chi connectivity index (χ1) is 11.6. The summed E-state index contributed by atoms with van der Waals surface area (Å²) in [4.78, 5) is 13.9. The van der Waals surface area contributed by atoms with Gasteiger partial charge >= 0.3 is 0 Å². The maximum atomic E-state index is 14.0. The van der Waals surface area contributed by atoms with Crippen molar-refractivity contribution in [2.75, 3.05) is 24.6 Å². The van der Waals surface area contributed by atoms with Crippen molar-refractivity contribution in [3.8, 4) is 5.75 Å². The lowest BCUT2D eigenvalue weighted by molar-refractivity contribution is 0.101. The van der Waals surface area contributed by atoms with E-state index in [1.165, 1.54) is 13.0 Å². The molecule has 1 aliphatic heterocycles. The molecule has 0 spiro atoms. The van der Waals surface area contributed by atoms with Crippen molar-refractivity contribution in [3.63, 3.8) is 0 Å². The van der Waals surface area contributed by atoms with Crippen LogP contribution in [0, 0.1) is 11.7 Å². The van der Waals surface area contributed by atoms with E-state index in [2.05, 4.69) is 4.90 Å². The van der Waals surface area contributed by atoms with Crippen molar-refractivity contribution < 1.29 is 13.9 Å². The predicted octanol–water partition coefficient (Wildman–Crippen LogP) is 4.32. The lowest BCUT2D eigenvalue weighted by Gasteiger charge is -2.34. The number of ketones is 1. The van der Waals surface area contributed by atoms with Crippen LogP contribution in [0.25, 0.3) is 0 Å². The van der Waals surface area contributed by atoms with E-state index in [1.54, 1.807) is 6.07 Å². The van der Waals surface area contributed by atoms with E-state index in [4.69, 9.17) is 4.74 Å². The SMILES string of the molecule is CC(=O)c1c(F)cccc1N1CCC(COc2ccccc2)CC1. The number of carbonyl (C=O) groups is 1. The van der Waals surface area contributed by atoms with E-state index in [0.717, 1.165) is 31.7 Å². The quantitative estimate of drug-likeness (QED) is 0.766. The van der Waals surface area contributed by atoms with Gasteiger partial charge in [-0.25, -0.2) is 4.39 Å². The number of benzene rings is 2. The zero-order valence-electron chi connectivity index (χ0n) is 13.9. The van der Waals surface area contributed by atoms with Crippen LogP contribution in [0.4, 0.5) is 10.1 Å². The van der Waals surface area contributed by atoms with Crippen LogP contribution < -0.4 is 9.64 Å². The van der Waals surface area contributed by atoms with E-state index < -0.39 is 5.82 Å². The minimum absolute atomic E-state index is 0.205. The Morgan fingerprint density at radius 3 is 2.50 bits per heavy atom. The highest BCUT2D eigenvalue weighted by atomic mass is 19.1. The lowest BCUT2D eigenvalue weighted by atomic mass is 9.96. The molecule has 1 heterocycles. The Kier molecular flexibility index (Phi) is 5.14. The van der Waals surface area contributed by atoms with Gasteiger partial charge in [0.15, 0.2) is 5.78 Å². The van der Waals surface area contributed by atoms with Gasteiger partial charge in [-0.3, -0.25) is 4.79 Å². The number of piperidine rings is 1. The molecule has 1 saturated heterocycles. The number of para-hydroxylation sites is 1. The summed E-state index contributed by atoms with van der Waals surface area (Å²) in [7, 11) is 0. The number of Topliss-reactive ketones (excluding diaryl/α,β-unsaturated/α-hetero) is 1. The normalized spacial score (nSPS) is 15.3. The number of rotatable bonds is 5. The third kappa shape index (κ3) is 3.75. The first kappa shape index (κ1) is 16.5. The van der Waals surface area contributed by atoms with Crippen molar-refractivity contribution >= 4 is 11.5 Å². The second-order valence-corrected chi connectivity index (χ2v) is 6.24. The smallest absolute Gasteiger partial charge is 0.164 e. The van der Waals surface area contributed by atoms with Gasteiger partial charge in [0, 0.05) is 13.1 Å². The summed E-state index contributed by atoms with van der Waals surface area (Å²) in [6, 6.07) is 14.7. The number of ether oxygens (including phenoxy) is 1. The monoisotopic (exact) mass is 327 g/mol. The molecule has 0 N–H and O–H groups in total. The van der Waals surface area contributed by atoms with Crippen molar-refractivity contribution in [2.45, 2.75) is 19.8 Å². The fourth-order valence-corrected chi connectivity index (χ4v) is 3.20. The summed E-state index contributed by atoms with van der Waals surface area (Å²) in [5.41, 5.74) is 0.918. The van der Waals surface area contributed by atoms with Gasteiger partial charge in [0.1, 0.15) is 11.6 Å². The zero-order valence-corrected chi connectivity index (χ0v) is 13.9. The van der Waals surface area contributed by atoms with Crippen LogP contribution in [0.15, 0.2) is 48.5 Å². The molecule has 3 nitrogen and oxygen atoms in total. The van der Waals surface area contributed by atoms with Crippen LogP contribution in [0.1, 0.15) is 30.1 Å². The predicted molar refractivity (Wildman–Crippen MR) is 93.3 cm³/mol. The molecule has 2 aromatic carbocycles. The number of anilines is 1. The molecule has 2 aromatic rings. The van der Waals surface area contributed by atoms with Gasteiger partial charge in [-0.05, 0) is 49.9 Å². The van der Waals surface area contributed by atoms with Gasteiger partial charge in [0.05, 0.1) is 17.9 Å². The molecule has 0 atom stereocenters. The van der Waals surface area contributed by atoms with Crippen LogP contribution in [-0.2, 0) is 0 Å². The van der Waals surface area contributed by atoms with E-state index in [-0.39, 0.29) is 11.3 Å². The highest BCUT2D eigenvalue weighted by Crippen LogP contribution is 2.28. The Balaban J connectivity index is 1.59. The minimum atomic E-state index is -0.436. The van der Waals surface area contributed by atoms with Gasteiger partial charge in [-0.2, -0.15) is 0 Å². The second-order valence-electron chi connectivity index (χ2n) is 6.24. The van der Waals surface area contributed by atoms with Crippen LogP contribution in [0.3, 0.4) is 0 Å². The number of carbonyl (C=O) groups excluding carboxylic acids is 1. The van der Waals surface area contributed by atoms with Crippen molar-refractivity contribution in [1.29, 1.82) is 0 Å². The summed E-state index contributed by atoms with van der Waals surface area (Å²) in [5, 5.41) is 0. The third-order valence-electron chi connectivity index (χ3n) is 4.53. The molecule has 0 radical (unpaired) electrons. The molecule has 126 valence electrons. The van der Waals surface area contributed by atoms with Crippen LogP contribution in [0.2, 0.25) is 0 Å². The second kappa shape index (κ2) is 7.47. The largest absolute Gasteiger partial charge is 0.493 e. The molecule has 1 fully saturated rings. The number of halogens is 1. The molecule has 0 amide bonds. The molecular weight excluding hydrogens is 305 g/mol. The van der Waals surface area contributed by atoms with Gasteiger partial charge in [-0.1, -0.05) is 24.3 Å². The lowest BCUT2D eigenvalue weighted by Crippen LogP contribution is -2.36. The van der Waals surface area contributed by atoms with Crippen molar-refractivity contribution in [2.24, 2.45) is 5.92 Å². The third-order valence-corrected chi connectivity index (χ3v) is 4.53. The molecule has 0 bridgehead atoms. The summed E-state index contributed by atoms with van der Waals surface area (Å²) in [6.45, 7) is 3.74. The Hall–Kier alpha value is -2.36. The standard InChI is InChI=1S/C20H22FNO2/c1-15(23)20-18(21)8-5-9-19(20)22-12-10-16(11-13-22)14-24-17-6-3-2-4-7-17/h2-9,16H,10-14H2,1H3. The molecule has 3 rings (SSSR count). The molecule has 1 aliphatic rings. The van der Waals surface area contributed by atoms with E-state index in [9.17, 15) is 9.18 Å². The summed E-state index contributed by atoms with van der Waals surface area (Å²) < 4.78 is 19.8. The summed E-state index contributed by atoms with van der Waals surface area (Å²) in [5.74, 6) is 0.715. The highest BCUT2D eigenvalue weighted by Gasteiger charge is 2.24.